The van der Waals surface area contributed by atoms with Crippen molar-refractivity contribution >= 4 is 11.6 Å². The number of amides is 1. The minimum atomic E-state index is -1.37. The Morgan fingerprint density at radius 1 is 1.45 bits per heavy atom. The zero-order valence-corrected chi connectivity index (χ0v) is 10.6. The van der Waals surface area contributed by atoms with Crippen LogP contribution in [0.4, 0.5) is 14.5 Å². The molecule has 1 aliphatic heterocycles. The largest absolute Gasteiger partial charge is 0.380 e. The number of carbonyl (C=O) groups is 1. The molecule has 0 radical (unpaired) electrons. The van der Waals surface area contributed by atoms with E-state index in [0.717, 1.165) is 0 Å². The fraction of sp³-hybridized carbons (Fsp3) is 0.417. The maximum Gasteiger partial charge on any atom is 0.285 e. The first kappa shape index (κ1) is 14.3. The van der Waals surface area contributed by atoms with Gasteiger partial charge in [-0.2, -0.15) is 0 Å². The molecule has 20 heavy (non-hydrogen) atoms. The monoisotopic (exact) mass is 286 g/mol. The van der Waals surface area contributed by atoms with Crippen LogP contribution >= 0.6 is 0 Å². The number of rotatable bonds is 4. The average molecular weight is 286 g/mol. The van der Waals surface area contributed by atoms with Gasteiger partial charge in [-0.25, -0.2) is 8.78 Å². The van der Waals surface area contributed by atoms with E-state index in [1.54, 1.807) is 0 Å². The highest BCUT2D eigenvalue weighted by Crippen LogP contribution is 2.26. The van der Waals surface area contributed by atoms with Crippen LogP contribution in [0.25, 0.3) is 0 Å². The van der Waals surface area contributed by atoms with E-state index >= 15 is 0 Å². The zero-order valence-electron chi connectivity index (χ0n) is 10.6. The van der Waals surface area contributed by atoms with Crippen LogP contribution in [0.1, 0.15) is 17.3 Å². The Hall–Kier alpha value is -2.09. The van der Waals surface area contributed by atoms with Gasteiger partial charge in [0, 0.05) is 12.0 Å². The molecule has 0 aliphatic carbocycles. The molecule has 0 spiro atoms. The molecule has 2 rings (SSSR count). The van der Waals surface area contributed by atoms with Crippen molar-refractivity contribution < 1.29 is 23.2 Å². The van der Waals surface area contributed by atoms with Crippen molar-refractivity contribution in [2.45, 2.75) is 6.92 Å². The number of benzene rings is 1. The number of nitro benzene ring substituents is 1. The van der Waals surface area contributed by atoms with Crippen molar-refractivity contribution in [3.05, 3.63) is 39.4 Å². The van der Waals surface area contributed by atoms with E-state index in [4.69, 9.17) is 4.74 Å². The number of hydrogen-bond donors (Lipinski definition) is 1. The van der Waals surface area contributed by atoms with Gasteiger partial charge >= 0.3 is 0 Å². The van der Waals surface area contributed by atoms with Crippen molar-refractivity contribution in [3.8, 4) is 0 Å². The van der Waals surface area contributed by atoms with E-state index in [1.807, 2.05) is 6.92 Å². The van der Waals surface area contributed by atoms with Crippen molar-refractivity contribution in [2.24, 2.45) is 5.41 Å². The van der Waals surface area contributed by atoms with Gasteiger partial charge in [-0.15, -0.1) is 0 Å². The van der Waals surface area contributed by atoms with E-state index in [1.165, 1.54) is 0 Å². The number of carbonyl (C=O) groups excluding carboxylic acids is 1. The van der Waals surface area contributed by atoms with Crippen molar-refractivity contribution in [1.29, 1.82) is 0 Å². The molecular formula is C12H12F2N2O4. The molecule has 0 bridgehead atoms. The summed E-state index contributed by atoms with van der Waals surface area (Å²) in [5.74, 6) is -3.49. The minimum absolute atomic E-state index is 0.233. The summed E-state index contributed by atoms with van der Waals surface area (Å²) in [6, 6.07) is 0.931. The van der Waals surface area contributed by atoms with Crippen LogP contribution in [-0.2, 0) is 4.74 Å². The lowest BCUT2D eigenvalue weighted by molar-refractivity contribution is -0.385. The summed E-state index contributed by atoms with van der Waals surface area (Å²) >= 11 is 0. The van der Waals surface area contributed by atoms with E-state index in [2.05, 4.69) is 5.32 Å². The lowest BCUT2D eigenvalue weighted by atomic mass is 9.88. The highest BCUT2D eigenvalue weighted by Gasteiger charge is 2.34. The first-order valence-corrected chi connectivity index (χ1v) is 5.82. The second-order valence-corrected chi connectivity index (χ2v) is 5.03. The standard InChI is InChI=1S/C12H12F2N2O4/c1-12(5-20-6-12)4-15-11(17)7-2-8(13)9(14)3-10(7)16(18)19/h2-3H,4-6H2,1H3,(H,15,17). The van der Waals surface area contributed by atoms with Crippen molar-refractivity contribution in [1.82, 2.24) is 5.32 Å². The zero-order chi connectivity index (χ0) is 14.9. The smallest absolute Gasteiger partial charge is 0.285 e. The number of hydrogen-bond acceptors (Lipinski definition) is 4. The summed E-state index contributed by atoms with van der Waals surface area (Å²) < 4.78 is 31.1. The van der Waals surface area contributed by atoms with Crippen LogP contribution in [-0.4, -0.2) is 30.6 Å². The highest BCUT2D eigenvalue weighted by molar-refractivity contribution is 5.98. The first-order valence-electron chi connectivity index (χ1n) is 5.82. The van der Waals surface area contributed by atoms with Gasteiger partial charge in [-0.1, -0.05) is 6.92 Å². The van der Waals surface area contributed by atoms with Crippen molar-refractivity contribution in [2.75, 3.05) is 19.8 Å². The van der Waals surface area contributed by atoms with Crippen LogP contribution in [0, 0.1) is 27.2 Å². The summed E-state index contributed by atoms with van der Waals surface area (Å²) in [4.78, 5) is 21.7. The molecule has 0 aromatic heterocycles. The first-order chi connectivity index (χ1) is 9.32. The second-order valence-electron chi connectivity index (χ2n) is 5.03. The maximum atomic E-state index is 13.1. The van der Waals surface area contributed by atoms with Crippen LogP contribution < -0.4 is 5.32 Å². The van der Waals surface area contributed by atoms with E-state index < -0.39 is 33.7 Å². The van der Waals surface area contributed by atoms with Crippen molar-refractivity contribution in [3.63, 3.8) is 0 Å². The average Bonchev–Trinajstić information content (AvgIpc) is 2.36. The molecule has 1 aliphatic rings. The molecule has 1 heterocycles. The van der Waals surface area contributed by atoms with Crippen LogP contribution in [0.5, 0.6) is 0 Å². The quantitative estimate of drug-likeness (QED) is 0.674. The molecule has 0 atom stereocenters. The topological polar surface area (TPSA) is 81.5 Å². The Morgan fingerprint density at radius 3 is 2.55 bits per heavy atom. The van der Waals surface area contributed by atoms with Gasteiger partial charge in [0.25, 0.3) is 11.6 Å². The molecule has 108 valence electrons. The summed E-state index contributed by atoms with van der Waals surface area (Å²) in [6.07, 6.45) is 0. The Kier molecular flexibility index (Phi) is 3.67. The van der Waals surface area contributed by atoms with Gasteiger partial charge < -0.3 is 10.1 Å². The molecule has 8 heteroatoms. The number of nitrogens with zero attached hydrogens (tertiary/aromatic N) is 1. The van der Waals surface area contributed by atoms with Crippen LogP contribution in [0.3, 0.4) is 0 Å². The van der Waals surface area contributed by atoms with Gasteiger partial charge in [-0.3, -0.25) is 14.9 Å². The van der Waals surface area contributed by atoms with E-state index in [9.17, 15) is 23.7 Å². The number of nitro groups is 1. The summed E-state index contributed by atoms with van der Waals surface area (Å²) in [5.41, 5.74) is -1.50. The lowest BCUT2D eigenvalue weighted by Gasteiger charge is -2.37. The third-order valence-corrected chi connectivity index (χ3v) is 3.06. The molecule has 1 N–H and O–H groups in total. The molecule has 1 amide bonds. The summed E-state index contributed by atoms with van der Waals surface area (Å²) in [5, 5.41) is 13.2. The molecular weight excluding hydrogens is 274 g/mol. The third-order valence-electron chi connectivity index (χ3n) is 3.06. The lowest BCUT2D eigenvalue weighted by Crippen LogP contribution is -2.48. The minimum Gasteiger partial charge on any atom is -0.380 e. The molecule has 1 fully saturated rings. The highest BCUT2D eigenvalue weighted by atomic mass is 19.2. The Labute approximate surface area is 112 Å². The van der Waals surface area contributed by atoms with Gasteiger partial charge in [0.05, 0.1) is 24.2 Å². The molecule has 1 saturated heterocycles. The van der Waals surface area contributed by atoms with E-state index in [0.29, 0.717) is 25.3 Å². The predicted octanol–water partition coefficient (Wildman–Crippen LogP) is 1.64. The fourth-order valence-electron chi connectivity index (χ4n) is 1.81. The second kappa shape index (κ2) is 5.12. The normalized spacial score (nSPS) is 16.4. The van der Waals surface area contributed by atoms with Gasteiger partial charge in [-0.05, 0) is 6.07 Å². The Morgan fingerprint density at radius 2 is 2.05 bits per heavy atom. The molecule has 0 saturated carbocycles. The van der Waals surface area contributed by atoms with Crippen LogP contribution in [0.2, 0.25) is 0 Å². The fourth-order valence-corrected chi connectivity index (χ4v) is 1.81. The predicted molar refractivity (Wildman–Crippen MR) is 64.3 cm³/mol. The van der Waals surface area contributed by atoms with Crippen LogP contribution in [0.15, 0.2) is 12.1 Å². The number of ether oxygens (including phenoxy) is 1. The molecule has 6 nitrogen and oxygen atoms in total. The molecule has 1 aromatic rings. The van der Waals surface area contributed by atoms with Gasteiger partial charge in [0.1, 0.15) is 5.56 Å². The SMILES string of the molecule is CC1(CNC(=O)c2cc(F)c(F)cc2[N+](=O)[O-])COC1. The number of halogens is 2. The van der Waals surface area contributed by atoms with Gasteiger partial charge in [0.15, 0.2) is 11.6 Å². The maximum absolute atomic E-state index is 13.1. The van der Waals surface area contributed by atoms with E-state index in [-0.39, 0.29) is 12.0 Å². The Balaban J connectivity index is 2.20. The molecule has 1 aromatic carbocycles. The Bertz CT molecular complexity index is 573. The summed E-state index contributed by atoms with van der Waals surface area (Å²) in [7, 11) is 0. The number of nitrogens with one attached hydrogen (secondary N) is 1. The third kappa shape index (κ3) is 2.74. The van der Waals surface area contributed by atoms with Gasteiger partial charge in [0.2, 0.25) is 0 Å². The summed E-state index contributed by atoms with van der Waals surface area (Å²) in [6.45, 7) is 3.04. The molecule has 0 unspecified atom stereocenters.